The van der Waals surface area contributed by atoms with Crippen molar-refractivity contribution in [3.8, 4) is 0 Å². The maximum atomic E-state index is 12.5. The average Bonchev–Trinajstić information content (AvgIpc) is 2.57. The first kappa shape index (κ1) is 22.9. The molecule has 0 aromatic heterocycles. The molecular weight excluding hydrogens is 389 g/mol. The van der Waals surface area contributed by atoms with Crippen molar-refractivity contribution >= 4 is 21.9 Å². The number of hydrogen-bond acceptors (Lipinski definition) is 5. The summed E-state index contributed by atoms with van der Waals surface area (Å²) in [6.45, 7) is 2.97. The van der Waals surface area contributed by atoms with Crippen LogP contribution in [0, 0.1) is 5.92 Å². The van der Waals surface area contributed by atoms with Crippen LogP contribution < -0.4 is 10.0 Å². The molecule has 0 aliphatic carbocycles. The van der Waals surface area contributed by atoms with E-state index in [0.717, 1.165) is 19.2 Å². The fraction of sp³-hybridized carbons (Fsp3) is 0.500. The molecule has 152 valence electrons. The van der Waals surface area contributed by atoms with Crippen LogP contribution in [0.5, 0.6) is 0 Å². The summed E-state index contributed by atoms with van der Waals surface area (Å²) in [5.41, 5.74) is -0.992. The maximum Gasteiger partial charge on any atom is 0.416 e. The summed E-state index contributed by atoms with van der Waals surface area (Å²) in [5.74, 6) is -1.37. The van der Waals surface area contributed by atoms with Crippen LogP contribution in [0.25, 0.3) is 0 Å². The molecule has 1 aromatic rings. The lowest BCUT2D eigenvalue weighted by atomic mass is 10.0. The van der Waals surface area contributed by atoms with Crippen LogP contribution in [0.3, 0.4) is 0 Å². The second-order valence-corrected chi connectivity index (χ2v) is 7.89. The Balaban J connectivity index is 2.74. The number of halogens is 3. The highest BCUT2D eigenvalue weighted by Crippen LogP contribution is 2.29. The van der Waals surface area contributed by atoms with E-state index in [9.17, 15) is 31.2 Å². The minimum absolute atomic E-state index is 0.0678. The number of carbonyl (C=O) groups is 2. The Morgan fingerprint density at radius 2 is 1.70 bits per heavy atom. The second kappa shape index (κ2) is 9.18. The van der Waals surface area contributed by atoms with Gasteiger partial charge in [-0.3, -0.25) is 4.79 Å². The van der Waals surface area contributed by atoms with Crippen molar-refractivity contribution in [1.29, 1.82) is 0 Å². The molecule has 11 heteroatoms. The molecule has 0 aliphatic heterocycles. The zero-order chi connectivity index (χ0) is 20.8. The van der Waals surface area contributed by atoms with Crippen molar-refractivity contribution in [1.82, 2.24) is 10.0 Å². The van der Waals surface area contributed by atoms with Crippen molar-refractivity contribution in [2.75, 3.05) is 13.7 Å². The molecule has 1 aromatic carbocycles. The monoisotopic (exact) mass is 410 g/mol. The fourth-order valence-corrected chi connectivity index (χ4v) is 3.12. The topological polar surface area (TPSA) is 102 Å². The van der Waals surface area contributed by atoms with E-state index in [-0.39, 0.29) is 5.92 Å². The third kappa shape index (κ3) is 7.18. The summed E-state index contributed by atoms with van der Waals surface area (Å²) >= 11 is 0. The Labute approximate surface area is 155 Å². The van der Waals surface area contributed by atoms with Crippen molar-refractivity contribution in [3.05, 3.63) is 29.8 Å². The lowest BCUT2D eigenvalue weighted by molar-refractivity contribution is -0.145. The Morgan fingerprint density at radius 1 is 1.15 bits per heavy atom. The summed E-state index contributed by atoms with van der Waals surface area (Å²) in [6, 6.07) is 1.91. The highest BCUT2D eigenvalue weighted by molar-refractivity contribution is 7.89. The zero-order valence-electron chi connectivity index (χ0n) is 15.0. The average molecular weight is 410 g/mol. The van der Waals surface area contributed by atoms with Gasteiger partial charge in [-0.2, -0.15) is 13.2 Å². The van der Waals surface area contributed by atoms with Gasteiger partial charge in [-0.15, -0.1) is 0 Å². The Bertz CT molecular complexity index is 761. The standard InChI is InChI=1S/C16H21F3N2O5S/c1-10(2)8-13(15(23)26-3)21-14(22)9-20-27(24,25)12-6-4-11(5-7-12)16(17,18)19/h4-7,10,13,20H,8-9H2,1-3H3,(H,21,22). The number of nitrogens with one attached hydrogen (secondary N) is 2. The van der Waals surface area contributed by atoms with Crippen LogP contribution in [0.1, 0.15) is 25.8 Å². The highest BCUT2D eigenvalue weighted by atomic mass is 32.2. The smallest absolute Gasteiger partial charge is 0.416 e. The Morgan fingerprint density at radius 3 is 2.15 bits per heavy atom. The molecule has 7 nitrogen and oxygen atoms in total. The molecule has 0 aliphatic rings. The molecule has 0 fully saturated rings. The molecule has 0 spiro atoms. The van der Waals surface area contributed by atoms with Crippen LogP contribution in [-0.2, 0) is 30.5 Å². The number of methoxy groups -OCH3 is 1. The molecule has 0 heterocycles. The van der Waals surface area contributed by atoms with Gasteiger partial charge in [0.25, 0.3) is 0 Å². The van der Waals surface area contributed by atoms with Gasteiger partial charge in [0.1, 0.15) is 6.04 Å². The van der Waals surface area contributed by atoms with E-state index in [4.69, 9.17) is 0 Å². The van der Waals surface area contributed by atoms with Gasteiger partial charge >= 0.3 is 12.1 Å². The Kier molecular flexibility index (Phi) is 7.78. The van der Waals surface area contributed by atoms with Crippen LogP contribution in [0.15, 0.2) is 29.2 Å². The number of amides is 1. The normalized spacial score (nSPS) is 13.3. The number of sulfonamides is 1. The van der Waals surface area contributed by atoms with Gasteiger partial charge in [-0.25, -0.2) is 17.9 Å². The van der Waals surface area contributed by atoms with Crippen LogP contribution in [-0.4, -0.2) is 40.0 Å². The van der Waals surface area contributed by atoms with Gasteiger partial charge in [-0.1, -0.05) is 13.8 Å². The van der Waals surface area contributed by atoms with E-state index in [1.165, 1.54) is 0 Å². The summed E-state index contributed by atoms with van der Waals surface area (Å²) in [7, 11) is -3.03. The number of ether oxygens (including phenoxy) is 1. The third-order valence-electron chi connectivity index (χ3n) is 3.44. The minimum Gasteiger partial charge on any atom is -0.467 e. The van der Waals surface area contributed by atoms with Crippen molar-refractivity contribution in [2.45, 2.75) is 37.4 Å². The van der Waals surface area contributed by atoms with Gasteiger partial charge < -0.3 is 10.1 Å². The third-order valence-corrected chi connectivity index (χ3v) is 4.86. The first-order valence-electron chi connectivity index (χ1n) is 7.91. The fourth-order valence-electron chi connectivity index (χ4n) is 2.14. The van der Waals surface area contributed by atoms with E-state index >= 15 is 0 Å². The number of benzene rings is 1. The largest absolute Gasteiger partial charge is 0.467 e. The summed E-state index contributed by atoms with van der Waals surface area (Å²) in [5, 5.41) is 2.36. The van der Waals surface area contributed by atoms with Crippen molar-refractivity contribution < 1.29 is 35.9 Å². The lowest BCUT2D eigenvalue weighted by Gasteiger charge is -2.18. The van der Waals surface area contributed by atoms with Gasteiger partial charge in [0.05, 0.1) is 24.1 Å². The molecule has 1 rings (SSSR count). The van der Waals surface area contributed by atoms with E-state index in [0.29, 0.717) is 18.6 Å². The van der Waals surface area contributed by atoms with E-state index < -0.39 is 51.1 Å². The highest BCUT2D eigenvalue weighted by Gasteiger charge is 2.30. The van der Waals surface area contributed by atoms with Crippen LogP contribution in [0.4, 0.5) is 13.2 Å². The van der Waals surface area contributed by atoms with Crippen molar-refractivity contribution in [3.63, 3.8) is 0 Å². The molecule has 2 N–H and O–H groups in total. The van der Waals surface area contributed by atoms with Gasteiger partial charge in [0, 0.05) is 0 Å². The molecular formula is C16H21F3N2O5S. The van der Waals surface area contributed by atoms with Gasteiger partial charge in [0.2, 0.25) is 15.9 Å². The molecule has 0 radical (unpaired) electrons. The summed E-state index contributed by atoms with van der Waals surface area (Å²) in [4.78, 5) is 23.2. The first-order valence-corrected chi connectivity index (χ1v) is 9.39. The van der Waals surface area contributed by atoms with E-state index in [1.54, 1.807) is 0 Å². The predicted octanol–water partition coefficient (Wildman–Crippen LogP) is 1.69. The number of alkyl halides is 3. The number of carbonyl (C=O) groups excluding carboxylic acids is 2. The quantitative estimate of drug-likeness (QED) is 0.635. The van der Waals surface area contributed by atoms with E-state index in [1.807, 2.05) is 18.6 Å². The second-order valence-electron chi connectivity index (χ2n) is 6.12. The van der Waals surface area contributed by atoms with Crippen molar-refractivity contribution in [2.24, 2.45) is 5.92 Å². The van der Waals surface area contributed by atoms with E-state index in [2.05, 4.69) is 10.1 Å². The minimum atomic E-state index is -4.59. The molecule has 1 amide bonds. The predicted molar refractivity (Wildman–Crippen MR) is 90.0 cm³/mol. The SMILES string of the molecule is COC(=O)C(CC(C)C)NC(=O)CNS(=O)(=O)c1ccc(C(F)(F)F)cc1. The molecule has 0 bridgehead atoms. The molecule has 1 atom stereocenters. The number of hydrogen-bond donors (Lipinski definition) is 2. The lowest BCUT2D eigenvalue weighted by Crippen LogP contribution is -2.46. The molecule has 27 heavy (non-hydrogen) atoms. The van der Waals surface area contributed by atoms with Gasteiger partial charge in [-0.05, 0) is 36.6 Å². The summed E-state index contributed by atoms with van der Waals surface area (Å²) in [6.07, 6.45) is -4.29. The first-order chi connectivity index (χ1) is 12.4. The number of esters is 1. The summed E-state index contributed by atoms with van der Waals surface area (Å²) < 4.78 is 68.3. The molecule has 0 saturated heterocycles. The van der Waals surface area contributed by atoms with Crippen LogP contribution >= 0.6 is 0 Å². The van der Waals surface area contributed by atoms with Gasteiger partial charge in [0.15, 0.2) is 0 Å². The number of rotatable bonds is 8. The molecule has 0 saturated carbocycles. The van der Waals surface area contributed by atoms with Crippen LogP contribution in [0.2, 0.25) is 0 Å². The molecule has 1 unspecified atom stereocenters. The maximum absolute atomic E-state index is 12.5. The zero-order valence-corrected chi connectivity index (χ0v) is 15.8. The Hall–Kier alpha value is -2.14.